The lowest BCUT2D eigenvalue weighted by atomic mass is 9.79. The van der Waals surface area contributed by atoms with Crippen molar-refractivity contribution in [3.05, 3.63) is 24.4 Å². The van der Waals surface area contributed by atoms with Crippen LogP contribution in [0.3, 0.4) is 0 Å². The van der Waals surface area contributed by atoms with Gasteiger partial charge in [0, 0.05) is 25.3 Å². The number of hydrogen-bond acceptors (Lipinski definition) is 4. The maximum absolute atomic E-state index is 12.2. The van der Waals surface area contributed by atoms with Crippen molar-refractivity contribution in [1.29, 1.82) is 0 Å². The second kappa shape index (κ2) is 7.51. The third kappa shape index (κ3) is 3.89. The third-order valence-electron chi connectivity index (χ3n) is 5.16. The third-order valence-corrected chi connectivity index (χ3v) is 5.16. The van der Waals surface area contributed by atoms with Gasteiger partial charge in [0.15, 0.2) is 0 Å². The Kier molecular flexibility index (Phi) is 5.39. The van der Waals surface area contributed by atoms with E-state index in [1.165, 1.54) is 0 Å². The number of hydrogen-bond donors (Lipinski definition) is 0. The van der Waals surface area contributed by atoms with E-state index in [0.717, 1.165) is 39.0 Å². The molecule has 1 atom stereocenters. The van der Waals surface area contributed by atoms with Crippen molar-refractivity contribution in [3.8, 4) is 5.88 Å². The zero-order chi connectivity index (χ0) is 17.0. The minimum absolute atomic E-state index is 0.124. The van der Waals surface area contributed by atoms with Crippen molar-refractivity contribution < 1.29 is 14.3 Å². The molecule has 24 heavy (non-hydrogen) atoms. The molecule has 0 bridgehead atoms. The summed E-state index contributed by atoms with van der Waals surface area (Å²) >= 11 is 0. The van der Waals surface area contributed by atoms with Crippen LogP contribution >= 0.6 is 0 Å². The minimum Gasteiger partial charge on any atom is -0.478 e. The molecule has 1 aromatic heterocycles. The summed E-state index contributed by atoms with van der Waals surface area (Å²) in [6, 6.07) is 5.68. The molecule has 0 radical (unpaired) electrons. The lowest BCUT2D eigenvalue weighted by Crippen LogP contribution is -2.66. The van der Waals surface area contributed by atoms with Gasteiger partial charge in [-0.25, -0.2) is 4.98 Å². The second-order valence-corrected chi connectivity index (χ2v) is 7.39. The Morgan fingerprint density at radius 1 is 1.46 bits per heavy atom. The first-order chi connectivity index (χ1) is 11.6. The van der Waals surface area contributed by atoms with Crippen molar-refractivity contribution >= 4 is 5.91 Å². The van der Waals surface area contributed by atoms with Gasteiger partial charge < -0.3 is 14.4 Å². The van der Waals surface area contributed by atoms with E-state index in [0.29, 0.717) is 30.7 Å². The average Bonchev–Trinajstić information content (AvgIpc) is 2.96. The lowest BCUT2D eigenvalue weighted by molar-refractivity contribution is -0.166. The van der Waals surface area contributed by atoms with Crippen LogP contribution in [0.4, 0.5) is 0 Å². The summed E-state index contributed by atoms with van der Waals surface area (Å²) in [7, 11) is 0. The van der Waals surface area contributed by atoms with Crippen LogP contribution in [0.5, 0.6) is 5.88 Å². The number of carbonyl (C=O) groups is 1. The van der Waals surface area contributed by atoms with Crippen molar-refractivity contribution in [2.24, 2.45) is 11.8 Å². The minimum atomic E-state index is -0.124. The number of rotatable bonds is 7. The second-order valence-electron chi connectivity index (χ2n) is 7.39. The van der Waals surface area contributed by atoms with Crippen LogP contribution in [0, 0.1) is 11.8 Å². The summed E-state index contributed by atoms with van der Waals surface area (Å²) in [6.45, 7) is 7.25. The van der Waals surface area contributed by atoms with Gasteiger partial charge in [-0.3, -0.25) is 4.79 Å². The molecule has 5 nitrogen and oxygen atoms in total. The molecule has 1 aromatic rings. The summed E-state index contributed by atoms with van der Waals surface area (Å²) < 4.78 is 11.8. The fraction of sp³-hybridized carbons (Fsp3) is 0.684. The summed E-state index contributed by atoms with van der Waals surface area (Å²) in [6.07, 6.45) is 5.36. The van der Waals surface area contributed by atoms with E-state index in [2.05, 4.69) is 18.8 Å². The average molecular weight is 332 g/mol. The molecule has 0 aromatic carbocycles. The number of likely N-dealkylation sites (tertiary alicyclic amines) is 1. The largest absolute Gasteiger partial charge is 0.478 e. The van der Waals surface area contributed by atoms with Crippen LogP contribution in [0.15, 0.2) is 24.4 Å². The van der Waals surface area contributed by atoms with Gasteiger partial charge >= 0.3 is 0 Å². The van der Waals surface area contributed by atoms with E-state index < -0.39 is 0 Å². The zero-order valence-electron chi connectivity index (χ0n) is 14.7. The number of nitrogens with zero attached hydrogens (tertiary/aromatic N) is 2. The molecule has 1 spiro atoms. The predicted molar refractivity (Wildman–Crippen MR) is 91.8 cm³/mol. The normalized spacial score (nSPS) is 22.0. The van der Waals surface area contributed by atoms with Gasteiger partial charge in [0.25, 0.3) is 0 Å². The summed E-state index contributed by atoms with van der Waals surface area (Å²) in [4.78, 5) is 18.3. The van der Waals surface area contributed by atoms with Crippen LogP contribution < -0.4 is 4.74 Å². The van der Waals surface area contributed by atoms with Gasteiger partial charge in [0.1, 0.15) is 5.60 Å². The molecule has 2 aliphatic rings. The number of ether oxygens (including phenoxy) is 2. The van der Waals surface area contributed by atoms with E-state index in [4.69, 9.17) is 9.47 Å². The summed E-state index contributed by atoms with van der Waals surface area (Å²) in [5.41, 5.74) is -0.124. The van der Waals surface area contributed by atoms with Crippen LogP contribution in [0.25, 0.3) is 0 Å². The van der Waals surface area contributed by atoms with Crippen LogP contribution in [-0.4, -0.2) is 47.7 Å². The maximum Gasteiger partial charge on any atom is 0.222 e. The van der Waals surface area contributed by atoms with Crippen molar-refractivity contribution in [3.63, 3.8) is 0 Å². The van der Waals surface area contributed by atoms with E-state index in [9.17, 15) is 4.79 Å². The number of aromatic nitrogens is 1. The molecule has 3 heterocycles. The molecule has 3 rings (SSSR count). The van der Waals surface area contributed by atoms with Gasteiger partial charge in [0.05, 0.1) is 19.7 Å². The van der Waals surface area contributed by atoms with Crippen LogP contribution in [-0.2, 0) is 9.53 Å². The number of amides is 1. The quantitative estimate of drug-likeness (QED) is 0.770. The molecular formula is C19H28N2O3. The first-order valence-electron chi connectivity index (χ1n) is 9.05. The molecular weight excluding hydrogens is 304 g/mol. The molecule has 132 valence electrons. The van der Waals surface area contributed by atoms with Crippen LogP contribution in [0.1, 0.15) is 39.5 Å². The van der Waals surface area contributed by atoms with E-state index >= 15 is 0 Å². The molecule has 0 saturated carbocycles. The monoisotopic (exact) mass is 332 g/mol. The van der Waals surface area contributed by atoms with Crippen LogP contribution in [0.2, 0.25) is 0 Å². The van der Waals surface area contributed by atoms with Crippen molar-refractivity contribution in [2.75, 3.05) is 26.3 Å². The summed E-state index contributed by atoms with van der Waals surface area (Å²) in [5, 5.41) is 0. The molecule has 0 aliphatic carbocycles. The highest BCUT2D eigenvalue weighted by Crippen LogP contribution is 2.42. The predicted octanol–water partition coefficient (Wildman–Crippen LogP) is 2.90. The Morgan fingerprint density at radius 3 is 3.00 bits per heavy atom. The molecule has 1 amide bonds. The van der Waals surface area contributed by atoms with E-state index in [1.807, 2.05) is 23.1 Å². The first kappa shape index (κ1) is 17.2. The highest BCUT2D eigenvalue weighted by atomic mass is 16.5. The molecule has 1 unspecified atom stereocenters. The Morgan fingerprint density at radius 2 is 2.29 bits per heavy atom. The smallest absolute Gasteiger partial charge is 0.222 e. The highest BCUT2D eigenvalue weighted by molar-refractivity contribution is 5.77. The van der Waals surface area contributed by atoms with Gasteiger partial charge in [-0.2, -0.15) is 0 Å². The standard InChI is InChI=1S/C19H28N2O3/c1-15(2)6-7-18(22)21-13-19(14-21)16(9-12-24-19)8-11-23-17-5-3-4-10-20-17/h3-5,10,15-16H,6-9,11-14H2,1-2H3. The van der Waals surface area contributed by atoms with Crippen molar-refractivity contribution in [2.45, 2.75) is 45.1 Å². The first-order valence-corrected chi connectivity index (χ1v) is 9.05. The number of pyridine rings is 1. The van der Waals surface area contributed by atoms with E-state index in [1.54, 1.807) is 6.20 Å². The Hall–Kier alpha value is -1.62. The summed E-state index contributed by atoms with van der Waals surface area (Å²) in [5.74, 6) is 1.98. The van der Waals surface area contributed by atoms with Gasteiger partial charge in [0.2, 0.25) is 11.8 Å². The maximum atomic E-state index is 12.2. The van der Waals surface area contributed by atoms with Gasteiger partial charge in [-0.1, -0.05) is 19.9 Å². The van der Waals surface area contributed by atoms with E-state index in [-0.39, 0.29) is 11.5 Å². The molecule has 2 fully saturated rings. The molecule has 2 saturated heterocycles. The fourth-order valence-corrected chi connectivity index (χ4v) is 3.63. The number of carbonyl (C=O) groups excluding carboxylic acids is 1. The zero-order valence-corrected chi connectivity index (χ0v) is 14.7. The van der Waals surface area contributed by atoms with Gasteiger partial charge in [-0.05, 0) is 37.2 Å². The Labute approximate surface area is 144 Å². The fourth-order valence-electron chi connectivity index (χ4n) is 3.63. The molecule has 5 heteroatoms. The molecule has 0 N–H and O–H groups in total. The molecule has 2 aliphatic heterocycles. The van der Waals surface area contributed by atoms with Crippen molar-refractivity contribution in [1.82, 2.24) is 9.88 Å². The SMILES string of the molecule is CC(C)CCC(=O)N1CC2(C1)OCCC2CCOc1ccccn1. The van der Waals surface area contributed by atoms with Gasteiger partial charge in [-0.15, -0.1) is 0 Å². The Balaban J connectivity index is 1.44. The Bertz CT molecular complexity index is 541. The highest BCUT2D eigenvalue weighted by Gasteiger charge is 2.53. The topological polar surface area (TPSA) is 51.7 Å². The lowest BCUT2D eigenvalue weighted by Gasteiger charge is -2.50.